The number of carboxylic acid groups (broad SMARTS) is 1. The SMILES string of the molecule is CC(C(=O)O)=C(C)C(=O)NC(=O)Nc1cc(Cl)ccc1C. The number of carbonyl (C=O) groups excluding carboxylic acids is 2. The molecule has 3 amide bonds. The number of urea groups is 1. The predicted molar refractivity (Wildman–Crippen MR) is 79.4 cm³/mol. The minimum Gasteiger partial charge on any atom is -0.478 e. The highest BCUT2D eigenvalue weighted by Crippen LogP contribution is 2.19. The van der Waals surface area contributed by atoms with Crippen molar-refractivity contribution in [3.8, 4) is 0 Å². The summed E-state index contributed by atoms with van der Waals surface area (Å²) in [5.41, 5.74) is 1.07. The molecule has 112 valence electrons. The third kappa shape index (κ3) is 4.61. The molecule has 0 saturated heterocycles. The number of amides is 3. The molecule has 0 atom stereocenters. The fraction of sp³-hybridized carbons (Fsp3) is 0.214. The first-order valence-electron chi connectivity index (χ1n) is 6.01. The van der Waals surface area contributed by atoms with Crippen molar-refractivity contribution in [1.29, 1.82) is 0 Å². The van der Waals surface area contributed by atoms with E-state index in [0.717, 1.165) is 5.56 Å². The van der Waals surface area contributed by atoms with Crippen molar-refractivity contribution >= 4 is 35.2 Å². The van der Waals surface area contributed by atoms with Crippen LogP contribution >= 0.6 is 11.6 Å². The highest BCUT2D eigenvalue weighted by atomic mass is 35.5. The van der Waals surface area contributed by atoms with Crippen molar-refractivity contribution in [3.05, 3.63) is 39.9 Å². The Balaban J connectivity index is 2.79. The summed E-state index contributed by atoms with van der Waals surface area (Å²) in [6.45, 7) is 4.39. The third-order valence-corrected chi connectivity index (χ3v) is 3.13. The lowest BCUT2D eigenvalue weighted by molar-refractivity contribution is -0.133. The van der Waals surface area contributed by atoms with Gasteiger partial charge in [-0.1, -0.05) is 17.7 Å². The summed E-state index contributed by atoms with van der Waals surface area (Å²) < 4.78 is 0. The molecule has 0 aliphatic heterocycles. The highest BCUT2D eigenvalue weighted by molar-refractivity contribution is 6.31. The Labute approximate surface area is 126 Å². The zero-order valence-corrected chi connectivity index (χ0v) is 12.5. The second-order valence-electron chi connectivity index (χ2n) is 4.42. The number of halogens is 1. The summed E-state index contributed by atoms with van der Waals surface area (Å²) in [5, 5.41) is 13.8. The van der Waals surface area contributed by atoms with Gasteiger partial charge in [-0.3, -0.25) is 10.1 Å². The van der Waals surface area contributed by atoms with Crippen LogP contribution in [0, 0.1) is 6.92 Å². The number of imide groups is 1. The molecule has 0 unspecified atom stereocenters. The van der Waals surface area contributed by atoms with Crippen LogP contribution in [0.1, 0.15) is 19.4 Å². The van der Waals surface area contributed by atoms with Gasteiger partial charge >= 0.3 is 12.0 Å². The zero-order valence-electron chi connectivity index (χ0n) is 11.8. The van der Waals surface area contributed by atoms with E-state index in [9.17, 15) is 14.4 Å². The van der Waals surface area contributed by atoms with Crippen LogP contribution in [-0.4, -0.2) is 23.0 Å². The predicted octanol–water partition coefficient (Wildman–Crippen LogP) is 2.72. The van der Waals surface area contributed by atoms with E-state index in [4.69, 9.17) is 16.7 Å². The number of benzene rings is 1. The standard InChI is InChI=1S/C14H15ClN2O4/c1-7-4-5-10(15)6-11(7)16-14(21)17-12(18)8(2)9(3)13(19)20/h4-6H,1-3H3,(H,19,20)(H2,16,17,18,21). The molecule has 0 heterocycles. The molecule has 0 saturated carbocycles. The maximum absolute atomic E-state index is 11.7. The van der Waals surface area contributed by atoms with Gasteiger partial charge in [-0.15, -0.1) is 0 Å². The van der Waals surface area contributed by atoms with E-state index in [-0.39, 0.29) is 11.1 Å². The summed E-state index contributed by atoms with van der Waals surface area (Å²) in [5.74, 6) is -1.99. The zero-order chi connectivity index (χ0) is 16.2. The van der Waals surface area contributed by atoms with E-state index >= 15 is 0 Å². The van der Waals surface area contributed by atoms with E-state index in [1.54, 1.807) is 25.1 Å². The smallest absolute Gasteiger partial charge is 0.331 e. The van der Waals surface area contributed by atoms with Crippen LogP contribution in [0.5, 0.6) is 0 Å². The molecule has 21 heavy (non-hydrogen) atoms. The van der Waals surface area contributed by atoms with Crippen LogP contribution in [0.15, 0.2) is 29.3 Å². The van der Waals surface area contributed by atoms with E-state index in [2.05, 4.69) is 10.6 Å². The van der Waals surface area contributed by atoms with Crippen molar-refractivity contribution in [2.45, 2.75) is 20.8 Å². The molecule has 0 aliphatic carbocycles. The van der Waals surface area contributed by atoms with Gasteiger partial charge in [0.15, 0.2) is 0 Å². The van der Waals surface area contributed by atoms with Gasteiger partial charge in [-0.2, -0.15) is 0 Å². The number of hydrogen-bond donors (Lipinski definition) is 3. The molecule has 1 aromatic rings. The van der Waals surface area contributed by atoms with Crippen molar-refractivity contribution in [1.82, 2.24) is 5.32 Å². The van der Waals surface area contributed by atoms with Gasteiger partial charge in [0.1, 0.15) is 0 Å². The van der Waals surface area contributed by atoms with E-state index in [0.29, 0.717) is 10.7 Å². The first-order chi connectivity index (χ1) is 9.72. The number of aryl methyl sites for hydroxylation is 1. The van der Waals surface area contributed by atoms with Gasteiger partial charge in [0.2, 0.25) is 0 Å². The van der Waals surface area contributed by atoms with E-state index in [1.807, 2.05) is 0 Å². The van der Waals surface area contributed by atoms with Crippen LogP contribution in [-0.2, 0) is 9.59 Å². The lowest BCUT2D eigenvalue weighted by Crippen LogP contribution is -2.35. The minimum atomic E-state index is -1.21. The molecule has 0 aliphatic rings. The molecule has 0 radical (unpaired) electrons. The third-order valence-electron chi connectivity index (χ3n) is 2.90. The minimum absolute atomic E-state index is 0.0412. The van der Waals surface area contributed by atoms with Crippen molar-refractivity contribution in [2.75, 3.05) is 5.32 Å². The summed E-state index contributed by atoms with van der Waals surface area (Å²) in [6.07, 6.45) is 0. The largest absolute Gasteiger partial charge is 0.478 e. The monoisotopic (exact) mass is 310 g/mol. The maximum Gasteiger partial charge on any atom is 0.331 e. The lowest BCUT2D eigenvalue weighted by Gasteiger charge is -2.10. The first-order valence-corrected chi connectivity index (χ1v) is 6.39. The Morgan fingerprint density at radius 2 is 1.76 bits per heavy atom. The maximum atomic E-state index is 11.7. The van der Waals surface area contributed by atoms with Gasteiger partial charge in [-0.25, -0.2) is 9.59 Å². The van der Waals surface area contributed by atoms with Gasteiger partial charge in [0.05, 0.1) is 0 Å². The summed E-state index contributed by atoms with van der Waals surface area (Å²) in [4.78, 5) is 34.2. The molecule has 0 fully saturated rings. The molecule has 0 bridgehead atoms. The molecule has 3 N–H and O–H groups in total. The Morgan fingerprint density at radius 3 is 2.33 bits per heavy atom. The molecular formula is C14H15ClN2O4. The summed E-state index contributed by atoms with van der Waals surface area (Å²) in [6, 6.07) is 4.18. The van der Waals surface area contributed by atoms with Crippen LogP contribution in [0.2, 0.25) is 5.02 Å². The first kappa shape index (κ1) is 16.7. The van der Waals surface area contributed by atoms with Crippen LogP contribution < -0.4 is 10.6 Å². The molecule has 1 aromatic carbocycles. The topological polar surface area (TPSA) is 95.5 Å². The van der Waals surface area contributed by atoms with Crippen LogP contribution in [0.3, 0.4) is 0 Å². The number of nitrogens with one attached hydrogen (secondary N) is 2. The second kappa shape index (κ2) is 6.90. The van der Waals surface area contributed by atoms with Crippen LogP contribution in [0.4, 0.5) is 10.5 Å². The normalized spacial score (nSPS) is 11.4. The highest BCUT2D eigenvalue weighted by Gasteiger charge is 2.15. The van der Waals surface area contributed by atoms with Gasteiger partial charge < -0.3 is 10.4 Å². The lowest BCUT2D eigenvalue weighted by atomic mass is 10.1. The molecule has 7 heteroatoms. The molecule has 1 rings (SSSR count). The Kier molecular flexibility index (Phi) is 5.49. The number of rotatable bonds is 3. The fourth-order valence-electron chi connectivity index (χ4n) is 1.41. The van der Waals surface area contributed by atoms with Gasteiger partial charge in [0, 0.05) is 21.9 Å². The number of hydrogen-bond acceptors (Lipinski definition) is 3. The van der Waals surface area contributed by atoms with Crippen molar-refractivity contribution in [2.24, 2.45) is 0 Å². The number of anilines is 1. The summed E-state index contributed by atoms with van der Waals surface area (Å²) >= 11 is 5.82. The number of carbonyl (C=O) groups is 3. The Bertz CT molecular complexity index is 638. The molecule has 0 aromatic heterocycles. The van der Waals surface area contributed by atoms with Crippen LogP contribution in [0.25, 0.3) is 0 Å². The summed E-state index contributed by atoms with van der Waals surface area (Å²) in [7, 11) is 0. The molecule has 6 nitrogen and oxygen atoms in total. The van der Waals surface area contributed by atoms with Crippen molar-refractivity contribution in [3.63, 3.8) is 0 Å². The second-order valence-corrected chi connectivity index (χ2v) is 4.86. The van der Waals surface area contributed by atoms with E-state index < -0.39 is 17.9 Å². The van der Waals surface area contributed by atoms with Gasteiger partial charge in [0.25, 0.3) is 5.91 Å². The Morgan fingerprint density at radius 1 is 1.14 bits per heavy atom. The molecular weight excluding hydrogens is 296 g/mol. The van der Waals surface area contributed by atoms with E-state index in [1.165, 1.54) is 13.8 Å². The average molecular weight is 311 g/mol. The molecule has 0 spiro atoms. The number of carboxylic acids is 1. The van der Waals surface area contributed by atoms with Crippen molar-refractivity contribution < 1.29 is 19.5 Å². The Hall–Kier alpha value is -2.34. The average Bonchev–Trinajstić information content (AvgIpc) is 2.40. The quantitative estimate of drug-likeness (QED) is 0.748. The van der Waals surface area contributed by atoms with Gasteiger partial charge in [-0.05, 0) is 38.5 Å². The fourth-order valence-corrected chi connectivity index (χ4v) is 1.58. The number of aliphatic carboxylic acids is 1.